The molecule has 1 aliphatic heterocycles. The molecule has 104 valence electrons. The second kappa shape index (κ2) is 7.76. The molecule has 3 heteroatoms. The molecule has 1 atom stereocenters. The third-order valence-corrected chi connectivity index (χ3v) is 3.85. The van der Waals surface area contributed by atoms with Gasteiger partial charge in [-0.05, 0) is 65.6 Å². The van der Waals surface area contributed by atoms with Crippen LogP contribution in [0.4, 0.5) is 0 Å². The molecule has 0 spiro atoms. The van der Waals surface area contributed by atoms with Gasteiger partial charge >= 0.3 is 0 Å². The summed E-state index contributed by atoms with van der Waals surface area (Å²) in [6, 6.07) is 3.11. The molecule has 0 amide bonds. The first-order chi connectivity index (χ1) is 8.59. The summed E-state index contributed by atoms with van der Waals surface area (Å²) in [6.45, 7) is 11.0. The van der Waals surface area contributed by atoms with Gasteiger partial charge in [0.15, 0.2) is 0 Å². The average Bonchev–Trinajstić information content (AvgIpc) is 2.39. The van der Waals surface area contributed by atoms with Crippen LogP contribution in [0.1, 0.15) is 52.9 Å². The number of hydrogen-bond acceptors (Lipinski definition) is 3. The second-order valence-electron chi connectivity index (χ2n) is 6.14. The lowest BCUT2D eigenvalue weighted by Crippen LogP contribution is -2.46. The van der Waals surface area contributed by atoms with E-state index in [0.717, 1.165) is 25.9 Å². The normalized spacial score (nSPS) is 20.9. The summed E-state index contributed by atoms with van der Waals surface area (Å²) >= 11 is 0. The second-order valence-corrected chi connectivity index (χ2v) is 6.14. The van der Waals surface area contributed by atoms with Crippen molar-refractivity contribution < 1.29 is 0 Å². The average molecular weight is 251 g/mol. The summed E-state index contributed by atoms with van der Waals surface area (Å²) in [5.74, 6) is 0. The van der Waals surface area contributed by atoms with Gasteiger partial charge in [-0.25, -0.2) is 0 Å². The lowest BCUT2D eigenvalue weighted by Gasteiger charge is -2.35. The van der Waals surface area contributed by atoms with Gasteiger partial charge in [-0.2, -0.15) is 5.26 Å². The lowest BCUT2D eigenvalue weighted by molar-refractivity contribution is 0.159. The van der Waals surface area contributed by atoms with E-state index in [1.165, 1.54) is 32.4 Å². The Morgan fingerprint density at radius 2 is 2.17 bits per heavy atom. The largest absolute Gasteiger partial charge is 0.315 e. The highest BCUT2D eigenvalue weighted by atomic mass is 15.2. The molecule has 0 bridgehead atoms. The van der Waals surface area contributed by atoms with Gasteiger partial charge in [-0.1, -0.05) is 6.92 Å². The molecule has 1 fully saturated rings. The number of rotatable bonds is 7. The Labute approximate surface area is 113 Å². The topological polar surface area (TPSA) is 39.1 Å². The Hall–Kier alpha value is -0.590. The standard InChI is InChI=1S/C15H29N3/c1-4-10-18(14-7-5-9-17-12-14)11-6-8-15(2,3)13-16/h14,17H,4-12H2,1-3H3. The van der Waals surface area contributed by atoms with Gasteiger partial charge in [-0.3, -0.25) is 4.90 Å². The third-order valence-electron chi connectivity index (χ3n) is 3.85. The molecule has 0 aliphatic carbocycles. The van der Waals surface area contributed by atoms with Crippen molar-refractivity contribution in [2.75, 3.05) is 26.2 Å². The van der Waals surface area contributed by atoms with Crippen LogP contribution in [0.5, 0.6) is 0 Å². The first kappa shape index (κ1) is 15.5. The van der Waals surface area contributed by atoms with E-state index in [0.29, 0.717) is 6.04 Å². The van der Waals surface area contributed by atoms with Crippen LogP contribution in [0.2, 0.25) is 0 Å². The molecule has 0 saturated carbocycles. The lowest BCUT2D eigenvalue weighted by atomic mass is 9.89. The van der Waals surface area contributed by atoms with E-state index in [4.69, 9.17) is 5.26 Å². The maximum absolute atomic E-state index is 9.04. The van der Waals surface area contributed by atoms with Gasteiger partial charge in [0.1, 0.15) is 0 Å². The molecule has 1 unspecified atom stereocenters. The van der Waals surface area contributed by atoms with Crippen molar-refractivity contribution in [3.8, 4) is 6.07 Å². The van der Waals surface area contributed by atoms with Gasteiger partial charge in [-0.15, -0.1) is 0 Å². The summed E-state index contributed by atoms with van der Waals surface area (Å²) in [6.07, 6.45) is 5.99. The predicted molar refractivity (Wildman–Crippen MR) is 76.4 cm³/mol. The van der Waals surface area contributed by atoms with Crippen LogP contribution >= 0.6 is 0 Å². The van der Waals surface area contributed by atoms with Gasteiger partial charge in [0.05, 0.1) is 11.5 Å². The van der Waals surface area contributed by atoms with Gasteiger partial charge < -0.3 is 5.32 Å². The predicted octanol–water partition coefficient (Wildman–Crippen LogP) is 2.78. The highest BCUT2D eigenvalue weighted by molar-refractivity contribution is 4.91. The number of nitrogens with one attached hydrogen (secondary N) is 1. The van der Waals surface area contributed by atoms with Crippen molar-refractivity contribution in [1.29, 1.82) is 5.26 Å². The SMILES string of the molecule is CCCN(CCCC(C)(C)C#N)C1CCCNC1. The van der Waals surface area contributed by atoms with Crippen LogP contribution in [0.3, 0.4) is 0 Å². The molecule has 0 aromatic rings. The van der Waals surface area contributed by atoms with Crippen molar-refractivity contribution in [2.45, 2.75) is 58.9 Å². The Morgan fingerprint density at radius 1 is 1.39 bits per heavy atom. The summed E-state index contributed by atoms with van der Waals surface area (Å²) in [4.78, 5) is 2.62. The quantitative estimate of drug-likeness (QED) is 0.756. The van der Waals surface area contributed by atoms with Crippen molar-refractivity contribution >= 4 is 0 Å². The molecule has 1 rings (SSSR count). The molecule has 0 radical (unpaired) electrons. The first-order valence-corrected chi connectivity index (χ1v) is 7.45. The fraction of sp³-hybridized carbons (Fsp3) is 0.933. The fourth-order valence-electron chi connectivity index (χ4n) is 2.69. The number of hydrogen-bond donors (Lipinski definition) is 1. The van der Waals surface area contributed by atoms with Gasteiger partial charge in [0, 0.05) is 12.6 Å². The number of nitrogens with zero attached hydrogens (tertiary/aromatic N) is 2. The van der Waals surface area contributed by atoms with Crippen molar-refractivity contribution in [1.82, 2.24) is 10.2 Å². The summed E-state index contributed by atoms with van der Waals surface area (Å²) in [5.41, 5.74) is -0.164. The maximum Gasteiger partial charge on any atom is 0.0683 e. The zero-order valence-corrected chi connectivity index (χ0v) is 12.3. The Bertz CT molecular complexity index is 261. The Morgan fingerprint density at radius 3 is 2.72 bits per heavy atom. The summed E-state index contributed by atoms with van der Waals surface area (Å²) in [7, 11) is 0. The van der Waals surface area contributed by atoms with E-state index < -0.39 is 0 Å². The minimum atomic E-state index is -0.164. The van der Waals surface area contributed by atoms with Gasteiger partial charge in [0.2, 0.25) is 0 Å². The molecule has 1 saturated heterocycles. The summed E-state index contributed by atoms with van der Waals surface area (Å²) in [5, 5.41) is 12.5. The van der Waals surface area contributed by atoms with E-state index >= 15 is 0 Å². The maximum atomic E-state index is 9.04. The van der Waals surface area contributed by atoms with E-state index in [1.807, 2.05) is 13.8 Å². The van der Waals surface area contributed by atoms with E-state index in [2.05, 4.69) is 23.2 Å². The molecule has 3 nitrogen and oxygen atoms in total. The van der Waals surface area contributed by atoms with Crippen molar-refractivity contribution in [3.63, 3.8) is 0 Å². The smallest absolute Gasteiger partial charge is 0.0683 e. The summed E-state index contributed by atoms with van der Waals surface area (Å²) < 4.78 is 0. The van der Waals surface area contributed by atoms with Crippen molar-refractivity contribution in [3.05, 3.63) is 0 Å². The van der Waals surface area contributed by atoms with Crippen LogP contribution in [0.15, 0.2) is 0 Å². The third kappa shape index (κ3) is 5.37. The van der Waals surface area contributed by atoms with E-state index in [1.54, 1.807) is 0 Å². The number of piperidine rings is 1. The highest BCUT2D eigenvalue weighted by Crippen LogP contribution is 2.21. The van der Waals surface area contributed by atoms with Gasteiger partial charge in [0.25, 0.3) is 0 Å². The molecular weight excluding hydrogens is 222 g/mol. The minimum Gasteiger partial charge on any atom is -0.315 e. The molecule has 0 aromatic heterocycles. The number of nitriles is 1. The van der Waals surface area contributed by atoms with E-state index in [-0.39, 0.29) is 5.41 Å². The molecular formula is C15H29N3. The van der Waals surface area contributed by atoms with Crippen LogP contribution in [0.25, 0.3) is 0 Å². The monoisotopic (exact) mass is 251 g/mol. The zero-order chi connectivity index (χ0) is 13.4. The Kier molecular flexibility index (Phi) is 6.67. The first-order valence-electron chi connectivity index (χ1n) is 7.45. The minimum absolute atomic E-state index is 0.164. The molecule has 1 N–H and O–H groups in total. The van der Waals surface area contributed by atoms with Crippen molar-refractivity contribution in [2.24, 2.45) is 5.41 Å². The molecule has 1 heterocycles. The highest BCUT2D eigenvalue weighted by Gasteiger charge is 2.21. The van der Waals surface area contributed by atoms with Crippen LogP contribution < -0.4 is 5.32 Å². The molecule has 0 aromatic carbocycles. The van der Waals surface area contributed by atoms with E-state index in [9.17, 15) is 0 Å². The van der Waals surface area contributed by atoms with Crippen LogP contribution in [-0.2, 0) is 0 Å². The zero-order valence-electron chi connectivity index (χ0n) is 12.3. The Balaban J connectivity index is 2.35. The fourth-order valence-corrected chi connectivity index (χ4v) is 2.69. The molecule has 18 heavy (non-hydrogen) atoms. The molecule has 1 aliphatic rings. The van der Waals surface area contributed by atoms with Crippen LogP contribution in [-0.4, -0.2) is 37.1 Å². The van der Waals surface area contributed by atoms with Crippen LogP contribution in [0, 0.1) is 16.7 Å².